The zero-order valence-electron chi connectivity index (χ0n) is 11.7. The van der Waals surface area contributed by atoms with Gasteiger partial charge in [0.15, 0.2) is 0 Å². The number of benzene rings is 1. The summed E-state index contributed by atoms with van der Waals surface area (Å²) in [4.78, 5) is 0. The van der Waals surface area contributed by atoms with Crippen LogP contribution in [0.5, 0.6) is 0 Å². The van der Waals surface area contributed by atoms with Gasteiger partial charge in [0.1, 0.15) is 0 Å². The molecule has 0 heterocycles. The molecule has 100 valence electrons. The van der Waals surface area contributed by atoms with Crippen molar-refractivity contribution >= 4 is 0 Å². The molecule has 0 unspecified atom stereocenters. The molecular formula is C16H24O2. The predicted molar refractivity (Wildman–Crippen MR) is 76.7 cm³/mol. The van der Waals surface area contributed by atoms with E-state index in [1.54, 1.807) is 7.11 Å². The highest BCUT2D eigenvalue weighted by Gasteiger charge is 1.87. The molecule has 0 saturated carbocycles. The molecule has 0 radical (unpaired) electrons. The minimum Gasteiger partial charge on any atom is -0.382 e. The molecule has 0 aromatic heterocycles. The Kier molecular flexibility index (Phi) is 11.3. The topological polar surface area (TPSA) is 18.5 Å². The van der Waals surface area contributed by atoms with Crippen LogP contribution in [0.4, 0.5) is 0 Å². The van der Waals surface area contributed by atoms with Gasteiger partial charge in [-0.1, -0.05) is 31.9 Å². The van der Waals surface area contributed by atoms with E-state index in [0.29, 0.717) is 6.61 Å². The molecule has 1 aromatic carbocycles. The maximum Gasteiger partial charge on any atom is 0.0700 e. The van der Waals surface area contributed by atoms with Crippen LogP contribution < -0.4 is 0 Å². The smallest absolute Gasteiger partial charge is 0.0700 e. The Morgan fingerprint density at radius 1 is 1.06 bits per heavy atom. The van der Waals surface area contributed by atoms with E-state index in [1.165, 1.54) is 5.56 Å². The lowest BCUT2D eigenvalue weighted by molar-refractivity contribution is 0.0710. The summed E-state index contributed by atoms with van der Waals surface area (Å²) in [5.74, 6) is 2.58. The lowest BCUT2D eigenvalue weighted by Crippen LogP contribution is -2.01. The molecule has 1 rings (SSSR count). The van der Waals surface area contributed by atoms with Gasteiger partial charge in [-0.05, 0) is 30.5 Å². The average molecular weight is 248 g/mol. The van der Waals surface area contributed by atoms with Gasteiger partial charge in [-0.2, -0.15) is 0 Å². The van der Waals surface area contributed by atoms with Gasteiger partial charge in [0, 0.05) is 19.3 Å². The number of rotatable bonds is 6. The molecule has 1 aromatic rings. The number of ether oxygens (including phenoxy) is 2. The van der Waals surface area contributed by atoms with Crippen molar-refractivity contribution in [3.8, 4) is 12.3 Å². The summed E-state index contributed by atoms with van der Waals surface area (Å²) in [5, 5.41) is 0. The third-order valence-electron chi connectivity index (χ3n) is 2.31. The molecule has 2 nitrogen and oxygen atoms in total. The van der Waals surface area contributed by atoms with E-state index in [-0.39, 0.29) is 0 Å². The maximum atomic E-state index is 5.19. The predicted octanol–water partition coefficient (Wildman–Crippen LogP) is 3.29. The molecular weight excluding hydrogens is 224 g/mol. The van der Waals surface area contributed by atoms with E-state index in [1.807, 2.05) is 12.1 Å². The third kappa shape index (κ3) is 8.81. The summed E-state index contributed by atoms with van der Waals surface area (Å²) in [6.07, 6.45) is 7.35. The lowest BCUT2D eigenvalue weighted by atomic mass is 10.1. The number of aryl methyl sites for hydroxylation is 1. The monoisotopic (exact) mass is 248 g/mol. The molecule has 0 bridgehead atoms. The number of hydrogen-bond acceptors (Lipinski definition) is 2. The van der Waals surface area contributed by atoms with Crippen LogP contribution in [0.3, 0.4) is 0 Å². The van der Waals surface area contributed by atoms with Gasteiger partial charge in [0.2, 0.25) is 0 Å². The fourth-order valence-corrected chi connectivity index (χ4v) is 1.23. The second-order valence-corrected chi connectivity index (χ2v) is 3.80. The number of methoxy groups -OCH3 is 1. The summed E-state index contributed by atoms with van der Waals surface area (Å²) in [6.45, 7) is 6.51. The SMILES string of the molecule is C#Cc1ccc(CC)cc1.CCCOCCOC. The van der Waals surface area contributed by atoms with Crippen molar-refractivity contribution in [3.05, 3.63) is 35.4 Å². The van der Waals surface area contributed by atoms with Crippen molar-refractivity contribution in [2.24, 2.45) is 0 Å². The van der Waals surface area contributed by atoms with Crippen LogP contribution in [0.2, 0.25) is 0 Å². The Hall–Kier alpha value is -1.30. The fraction of sp³-hybridized carbons (Fsp3) is 0.500. The average Bonchev–Trinajstić information content (AvgIpc) is 2.44. The van der Waals surface area contributed by atoms with Crippen molar-refractivity contribution in [2.45, 2.75) is 26.7 Å². The normalized spacial score (nSPS) is 9.22. The molecule has 2 heteroatoms. The summed E-state index contributed by atoms with van der Waals surface area (Å²) >= 11 is 0. The Labute approximate surface area is 111 Å². The molecule has 0 atom stereocenters. The summed E-state index contributed by atoms with van der Waals surface area (Å²) in [6, 6.07) is 8.07. The zero-order chi connectivity index (χ0) is 13.6. The molecule has 0 saturated heterocycles. The van der Waals surface area contributed by atoms with Gasteiger partial charge < -0.3 is 9.47 Å². The van der Waals surface area contributed by atoms with Crippen molar-refractivity contribution in [1.82, 2.24) is 0 Å². The third-order valence-corrected chi connectivity index (χ3v) is 2.31. The minimum atomic E-state index is 0.708. The van der Waals surface area contributed by atoms with Crippen LogP contribution in [-0.4, -0.2) is 26.9 Å². The summed E-state index contributed by atoms with van der Waals surface area (Å²) < 4.78 is 9.86. The van der Waals surface area contributed by atoms with Crippen LogP contribution >= 0.6 is 0 Å². The second-order valence-electron chi connectivity index (χ2n) is 3.80. The van der Waals surface area contributed by atoms with Crippen LogP contribution in [0, 0.1) is 12.3 Å². The van der Waals surface area contributed by atoms with Crippen LogP contribution in [0.1, 0.15) is 31.4 Å². The van der Waals surface area contributed by atoms with Gasteiger partial charge in [0.25, 0.3) is 0 Å². The lowest BCUT2D eigenvalue weighted by Gasteiger charge is -1.98. The van der Waals surface area contributed by atoms with E-state index in [0.717, 1.165) is 31.6 Å². The molecule has 0 fully saturated rings. The Morgan fingerprint density at radius 3 is 2.17 bits per heavy atom. The molecule has 18 heavy (non-hydrogen) atoms. The Morgan fingerprint density at radius 2 is 1.72 bits per heavy atom. The highest BCUT2D eigenvalue weighted by molar-refractivity contribution is 5.34. The van der Waals surface area contributed by atoms with Gasteiger partial charge in [-0.15, -0.1) is 6.42 Å². The van der Waals surface area contributed by atoms with Crippen molar-refractivity contribution in [3.63, 3.8) is 0 Å². The Balaban J connectivity index is 0.000000331. The second kappa shape index (κ2) is 12.2. The van der Waals surface area contributed by atoms with E-state index < -0.39 is 0 Å². The quantitative estimate of drug-likeness (QED) is 0.568. The van der Waals surface area contributed by atoms with E-state index in [4.69, 9.17) is 15.9 Å². The van der Waals surface area contributed by atoms with E-state index in [9.17, 15) is 0 Å². The first-order valence-electron chi connectivity index (χ1n) is 6.40. The maximum absolute atomic E-state index is 5.19. The van der Waals surface area contributed by atoms with Crippen LogP contribution in [0.25, 0.3) is 0 Å². The molecule has 0 amide bonds. The molecule has 0 aliphatic rings. The summed E-state index contributed by atoms with van der Waals surface area (Å²) in [5.41, 5.74) is 2.29. The van der Waals surface area contributed by atoms with Crippen LogP contribution in [0.15, 0.2) is 24.3 Å². The van der Waals surface area contributed by atoms with Gasteiger partial charge in [0.05, 0.1) is 13.2 Å². The minimum absolute atomic E-state index is 0.708. The number of hydrogen-bond donors (Lipinski definition) is 0. The summed E-state index contributed by atoms with van der Waals surface area (Å²) in [7, 11) is 1.68. The Bertz CT molecular complexity index is 316. The first kappa shape index (κ1) is 16.7. The van der Waals surface area contributed by atoms with E-state index in [2.05, 4.69) is 31.9 Å². The van der Waals surface area contributed by atoms with Crippen molar-refractivity contribution in [1.29, 1.82) is 0 Å². The highest BCUT2D eigenvalue weighted by atomic mass is 16.5. The van der Waals surface area contributed by atoms with Crippen LogP contribution in [-0.2, 0) is 15.9 Å². The molecule has 0 N–H and O–H groups in total. The molecule has 0 spiro atoms. The standard InChI is InChI=1S/C10H10.C6H14O2/c1-3-9-5-7-10(4-2)8-6-9;1-3-4-8-6-5-7-2/h1,5-8H,4H2,2H3;3-6H2,1-2H3. The fourth-order valence-electron chi connectivity index (χ4n) is 1.23. The highest BCUT2D eigenvalue weighted by Crippen LogP contribution is 2.02. The van der Waals surface area contributed by atoms with Gasteiger partial charge >= 0.3 is 0 Å². The molecule has 0 aliphatic carbocycles. The van der Waals surface area contributed by atoms with Gasteiger partial charge in [-0.25, -0.2) is 0 Å². The van der Waals surface area contributed by atoms with Crippen molar-refractivity contribution in [2.75, 3.05) is 26.9 Å². The van der Waals surface area contributed by atoms with E-state index >= 15 is 0 Å². The number of terminal acetylenes is 1. The van der Waals surface area contributed by atoms with Gasteiger partial charge in [-0.3, -0.25) is 0 Å². The zero-order valence-corrected chi connectivity index (χ0v) is 11.7. The first-order valence-corrected chi connectivity index (χ1v) is 6.40. The first-order chi connectivity index (χ1) is 8.78. The van der Waals surface area contributed by atoms with Crippen molar-refractivity contribution < 1.29 is 9.47 Å². The molecule has 0 aliphatic heterocycles. The largest absolute Gasteiger partial charge is 0.382 e.